The molecule has 114 valence electrons. The number of hydrogen-bond acceptors (Lipinski definition) is 2. The maximum Gasteiger partial charge on any atom is 0.0354 e. The fraction of sp³-hybridized carbons (Fsp3) is 0.667. The fourth-order valence-corrected chi connectivity index (χ4v) is 5.31. The van der Waals surface area contributed by atoms with Crippen molar-refractivity contribution < 1.29 is 0 Å². The van der Waals surface area contributed by atoms with Gasteiger partial charge in [-0.2, -0.15) is 0 Å². The summed E-state index contributed by atoms with van der Waals surface area (Å²) in [5.74, 6) is 0.873. The monoisotopic (exact) mass is 348 g/mol. The molecule has 0 bridgehead atoms. The van der Waals surface area contributed by atoms with E-state index in [0.29, 0.717) is 6.04 Å². The lowest BCUT2D eigenvalue weighted by atomic mass is 9.88. The Morgan fingerprint density at radius 2 is 2.10 bits per heavy atom. The van der Waals surface area contributed by atoms with E-state index in [1.165, 1.54) is 62.6 Å². The van der Waals surface area contributed by atoms with Gasteiger partial charge in [-0.25, -0.2) is 0 Å². The van der Waals surface area contributed by atoms with E-state index in [0.717, 1.165) is 12.0 Å². The summed E-state index contributed by atoms with van der Waals surface area (Å²) in [6, 6.07) is 8.22. The molecule has 0 aromatic heterocycles. The third kappa shape index (κ3) is 2.69. The molecule has 3 heteroatoms. The lowest BCUT2D eigenvalue weighted by Crippen LogP contribution is -2.44. The summed E-state index contributed by atoms with van der Waals surface area (Å²) in [7, 11) is 0. The third-order valence-electron chi connectivity index (χ3n) is 5.78. The van der Waals surface area contributed by atoms with E-state index in [1.807, 2.05) is 0 Å². The number of piperidine rings is 1. The molecule has 21 heavy (non-hydrogen) atoms. The normalized spacial score (nSPS) is 33.3. The molecule has 0 radical (unpaired) electrons. The van der Waals surface area contributed by atoms with Crippen LogP contribution in [0.2, 0.25) is 0 Å². The zero-order valence-corrected chi connectivity index (χ0v) is 14.2. The summed E-state index contributed by atoms with van der Waals surface area (Å²) in [6.07, 6.45) is 8.12. The molecule has 1 aromatic rings. The SMILES string of the molecule is Brc1cccc2c1CCC2N1CCCC(C2CCCN2)C1. The standard InChI is InChI=1S/C18H25BrN2/c19-16-6-1-5-15-14(16)8-9-18(15)21-11-3-4-13(12-21)17-7-2-10-20-17/h1,5-6,13,17-18,20H,2-4,7-12H2. The molecule has 0 amide bonds. The Morgan fingerprint density at radius 3 is 2.95 bits per heavy atom. The van der Waals surface area contributed by atoms with Crippen LogP contribution in [0.15, 0.2) is 22.7 Å². The first-order valence-corrected chi connectivity index (χ1v) is 9.37. The molecule has 0 saturated carbocycles. The van der Waals surface area contributed by atoms with Crippen LogP contribution < -0.4 is 5.32 Å². The van der Waals surface area contributed by atoms with E-state index >= 15 is 0 Å². The molecule has 3 unspecified atom stereocenters. The predicted octanol–water partition coefficient (Wildman–Crippen LogP) is 3.90. The van der Waals surface area contributed by atoms with Crippen molar-refractivity contribution in [3.8, 4) is 0 Å². The highest BCUT2D eigenvalue weighted by molar-refractivity contribution is 9.10. The van der Waals surface area contributed by atoms with Gasteiger partial charge in [0.2, 0.25) is 0 Å². The van der Waals surface area contributed by atoms with Crippen molar-refractivity contribution in [1.29, 1.82) is 0 Å². The highest BCUT2D eigenvalue weighted by Gasteiger charge is 2.35. The zero-order valence-electron chi connectivity index (χ0n) is 12.7. The molecule has 1 aliphatic carbocycles. The lowest BCUT2D eigenvalue weighted by Gasteiger charge is -2.39. The Hall–Kier alpha value is -0.380. The molecular weight excluding hydrogens is 324 g/mol. The van der Waals surface area contributed by atoms with Crippen LogP contribution >= 0.6 is 15.9 Å². The van der Waals surface area contributed by atoms with Crippen LogP contribution in [-0.4, -0.2) is 30.6 Å². The summed E-state index contributed by atoms with van der Waals surface area (Å²) in [5.41, 5.74) is 3.15. The molecule has 2 fully saturated rings. The Labute approximate surface area is 136 Å². The topological polar surface area (TPSA) is 15.3 Å². The first-order chi connectivity index (χ1) is 10.3. The van der Waals surface area contributed by atoms with Gasteiger partial charge in [0, 0.05) is 23.1 Å². The lowest BCUT2D eigenvalue weighted by molar-refractivity contribution is 0.107. The smallest absolute Gasteiger partial charge is 0.0354 e. The fourth-order valence-electron chi connectivity index (χ4n) is 4.73. The van der Waals surface area contributed by atoms with Gasteiger partial charge in [-0.3, -0.25) is 4.90 Å². The van der Waals surface area contributed by atoms with Gasteiger partial charge in [0.25, 0.3) is 0 Å². The van der Waals surface area contributed by atoms with Gasteiger partial charge in [-0.1, -0.05) is 28.1 Å². The van der Waals surface area contributed by atoms with E-state index in [2.05, 4.69) is 44.3 Å². The van der Waals surface area contributed by atoms with Gasteiger partial charge in [0.15, 0.2) is 0 Å². The first-order valence-electron chi connectivity index (χ1n) is 8.57. The predicted molar refractivity (Wildman–Crippen MR) is 90.5 cm³/mol. The van der Waals surface area contributed by atoms with Gasteiger partial charge in [0.1, 0.15) is 0 Å². The van der Waals surface area contributed by atoms with Gasteiger partial charge < -0.3 is 5.32 Å². The van der Waals surface area contributed by atoms with Gasteiger partial charge in [0.05, 0.1) is 0 Å². The number of likely N-dealkylation sites (tertiary alicyclic amines) is 1. The van der Waals surface area contributed by atoms with Crippen LogP contribution in [0.1, 0.15) is 49.3 Å². The minimum atomic E-state index is 0.668. The molecule has 1 N–H and O–H groups in total. The molecule has 1 aromatic carbocycles. The van der Waals surface area contributed by atoms with Crippen LogP contribution in [0.4, 0.5) is 0 Å². The molecule has 2 aliphatic heterocycles. The summed E-state index contributed by atoms with van der Waals surface area (Å²) in [6.45, 7) is 3.83. The molecule has 2 nitrogen and oxygen atoms in total. The number of rotatable bonds is 2. The number of nitrogens with zero attached hydrogens (tertiary/aromatic N) is 1. The van der Waals surface area contributed by atoms with E-state index < -0.39 is 0 Å². The molecule has 2 heterocycles. The van der Waals surface area contributed by atoms with Crippen LogP contribution in [0.25, 0.3) is 0 Å². The minimum absolute atomic E-state index is 0.668. The van der Waals surface area contributed by atoms with Crippen molar-refractivity contribution in [2.75, 3.05) is 19.6 Å². The van der Waals surface area contributed by atoms with Crippen molar-refractivity contribution in [2.24, 2.45) is 5.92 Å². The molecule has 0 spiro atoms. The molecule has 4 rings (SSSR count). The van der Waals surface area contributed by atoms with Crippen LogP contribution in [0.5, 0.6) is 0 Å². The number of nitrogens with one attached hydrogen (secondary N) is 1. The van der Waals surface area contributed by atoms with Gasteiger partial charge in [-0.15, -0.1) is 0 Å². The van der Waals surface area contributed by atoms with Crippen molar-refractivity contribution in [3.63, 3.8) is 0 Å². The van der Waals surface area contributed by atoms with Crippen molar-refractivity contribution >= 4 is 15.9 Å². The highest BCUT2D eigenvalue weighted by atomic mass is 79.9. The average Bonchev–Trinajstić information content (AvgIpc) is 3.18. The molecular formula is C18H25BrN2. The Bertz CT molecular complexity index is 510. The molecule has 3 aliphatic rings. The minimum Gasteiger partial charge on any atom is -0.314 e. The maximum absolute atomic E-state index is 3.74. The molecule has 3 atom stereocenters. The Balaban J connectivity index is 1.51. The summed E-state index contributed by atoms with van der Waals surface area (Å²) in [5, 5.41) is 3.73. The van der Waals surface area contributed by atoms with Gasteiger partial charge >= 0.3 is 0 Å². The van der Waals surface area contributed by atoms with Crippen LogP contribution in [0.3, 0.4) is 0 Å². The van der Waals surface area contributed by atoms with Crippen LogP contribution in [0, 0.1) is 5.92 Å². The number of fused-ring (bicyclic) bond motifs is 1. The van der Waals surface area contributed by atoms with Crippen molar-refractivity contribution in [3.05, 3.63) is 33.8 Å². The quantitative estimate of drug-likeness (QED) is 0.871. The largest absolute Gasteiger partial charge is 0.314 e. The maximum atomic E-state index is 3.74. The van der Waals surface area contributed by atoms with E-state index in [9.17, 15) is 0 Å². The number of halogens is 1. The third-order valence-corrected chi connectivity index (χ3v) is 6.52. The second-order valence-corrected chi connectivity index (χ2v) is 7.82. The van der Waals surface area contributed by atoms with E-state index in [1.54, 1.807) is 11.1 Å². The summed E-state index contributed by atoms with van der Waals surface area (Å²) in [4.78, 5) is 2.78. The first kappa shape index (κ1) is 14.2. The number of hydrogen-bond donors (Lipinski definition) is 1. The Morgan fingerprint density at radius 1 is 1.14 bits per heavy atom. The highest BCUT2D eigenvalue weighted by Crippen LogP contribution is 2.41. The Kier molecular flexibility index (Phi) is 4.08. The number of benzene rings is 1. The molecule has 2 saturated heterocycles. The van der Waals surface area contributed by atoms with E-state index in [-0.39, 0.29) is 0 Å². The zero-order chi connectivity index (χ0) is 14.2. The second kappa shape index (κ2) is 6.02. The second-order valence-electron chi connectivity index (χ2n) is 6.96. The summed E-state index contributed by atoms with van der Waals surface area (Å²) >= 11 is 3.74. The van der Waals surface area contributed by atoms with Crippen LogP contribution in [-0.2, 0) is 6.42 Å². The van der Waals surface area contributed by atoms with E-state index in [4.69, 9.17) is 0 Å². The average molecular weight is 349 g/mol. The van der Waals surface area contributed by atoms with Crippen molar-refractivity contribution in [2.45, 2.75) is 50.6 Å². The van der Waals surface area contributed by atoms with Gasteiger partial charge in [-0.05, 0) is 74.7 Å². The van der Waals surface area contributed by atoms with Crippen molar-refractivity contribution in [1.82, 2.24) is 10.2 Å². The summed E-state index contributed by atoms with van der Waals surface area (Å²) < 4.78 is 1.31.